The Balaban J connectivity index is 1.90. The van der Waals surface area contributed by atoms with E-state index in [-0.39, 0.29) is 27.8 Å². The third kappa shape index (κ3) is 5.74. The van der Waals surface area contributed by atoms with Gasteiger partial charge in [0.05, 0.1) is 15.6 Å². The molecule has 2 aromatic rings. The molecule has 1 aliphatic carbocycles. The van der Waals surface area contributed by atoms with Crippen LogP contribution in [-0.4, -0.2) is 32.3 Å². The Morgan fingerprint density at radius 3 is 2.50 bits per heavy atom. The van der Waals surface area contributed by atoms with Gasteiger partial charge in [-0.1, -0.05) is 41.4 Å². The fraction of sp³-hybridized carbons (Fsp3) is 0.318. The number of nitrogens with one attached hydrogen (secondary N) is 1. The number of allylic oxidation sites excluding steroid dienone is 1. The molecule has 1 saturated carbocycles. The lowest BCUT2D eigenvalue weighted by atomic mass is 10.1. The predicted molar refractivity (Wildman–Crippen MR) is 119 cm³/mol. The van der Waals surface area contributed by atoms with Crippen molar-refractivity contribution in [3.63, 3.8) is 0 Å². The van der Waals surface area contributed by atoms with E-state index in [0.29, 0.717) is 12.8 Å². The van der Waals surface area contributed by atoms with Crippen molar-refractivity contribution < 1.29 is 32.6 Å². The second-order valence-electron chi connectivity index (χ2n) is 7.72. The molecule has 0 atom stereocenters. The SMILES string of the molecule is CC=C(C=CCC1(NC(=O)c2c(C(F)(F)F)nn(C)c2Oc2ccc(Cl)c(Cl)c2)CC1)C(=O)O. The molecule has 3 rings (SSSR count). The number of aliphatic carboxylic acids is 1. The minimum Gasteiger partial charge on any atom is -0.478 e. The Morgan fingerprint density at radius 1 is 1.29 bits per heavy atom. The molecule has 1 aliphatic rings. The third-order valence-corrected chi connectivity index (χ3v) is 5.93. The van der Waals surface area contributed by atoms with Crippen LogP contribution < -0.4 is 10.1 Å². The number of benzene rings is 1. The van der Waals surface area contributed by atoms with E-state index in [1.165, 1.54) is 37.4 Å². The van der Waals surface area contributed by atoms with Crippen LogP contribution in [0.1, 0.15) is 42.2 Å². The number of aromatic nitrogens is 2. The van der Waals surface area contributed by atoms with E-state index in [0.717, 1.165) is 4.68 Å². The van der Waals surface area contributed by atoms with Crippen LogP contribution in [0.25, 0.3) is 0 Å². The molecule has 34 heavy (non-hydrogen) atoms. The van der Waals surface area contributed by atoms with Gasteiger partial charge in [0.25, 0.3) is 5.91 Å². The molecule has 0 saturated heterocycles. The van der Waals surface area contributed by atoms with Crippen LogP contribution in [0.2, 0.25) is 10.0 Å². The van der Waals surface area contributed by atoms with Gasteiger partial charge < -0.3 is 15.2 Å². The first kappa shape index (κ1) is 25.6. The Labute approximate surface area is 202 Å². The highest BCUT2D eigenvalue weighted by Gasteiger charge is 2.47. The number of amides is 1. The maximum atomic E-state index is 13.7. The van der Waals surface area contributed by atoms with Gasteiger partial charge in [-0.2, -0.15) is 18.3 Å². The van der Waals surface area contributed by atoms with Gasteiger partial charge in [-0.15, -0.1) is 0 Å². The zero-order valence-corrected chi connectivity index (χ0v) is 19.6. The lowest BCUT2D eigenvalue weighted by molar-refractivity contribution is -0.141. The van der Waals surface area contributed by atoms with Crippen LogP contribution in [-0.2, 0) is 18.0 Å². The van der Waals surface area contributed by atoms with E-state index in [1.807, 2.05) is 0 Å². The van der Waals surface area contributed by atoms with Gasteiger partial charge in [0.2, 0.25) is 5.88 Å². The van der Waals surface area contributed by atoms with E-state index < -0.39 is 40.7 Å². The van der Waals surface area contributed by atoms with Crippen LogP contribution >= 0.6 is 23.2 Å². The first-order valence-electron chi connectivity index (χ1n) is 10.0. The molecule has 1 heterocycles. The second kappa shape index (κ2) is 9.71. The average molecular weight is 518 g/mol. The minimum atomic E-state index is -4.91. The van der Waals surface area contributed by atoms with Crippen molar-refractivity contribution in [3.8, 4) is 11.6 Å². The number of carboxylic acid groups (broad SMARTS) is 1. The van der Waals surface area contributed by atoms with Gasteiger partial charge in [-0.3, -0.25) is 4.79 Å². The number of aryl methyl sites for hydroxylation is 1. The van der Waals surface area contributed by atoms with Gasteiger partial charge >= 0.3 is 12.1 Å². The molecule has 1 fully saturated rings. The molecular weight excluding hydrogens is 498 g/mol. The Bertz CT molecular complexity index is 1180. The number of ether oxygens (including phenoxy) is 1. The molecule has 0 bridgehead atoms. The second-order valence-corrected chi connectivity index (χ2v) is 8.53. The molecular formula is C22H20Cl2F3N3O4. The van der Waals surface area contributed by atoms with Gasteiger partial charge in [0, 0.05) is 18.7 Å². The number of nitrogens with zero attached hydrogens (tertiary/aromatic N) is 2. The number of carboxylic acids is 1. The molecule has 1 aromatic carbocycles. The topological polar surface area (TPSA) is 93.5 Å². The highest BCUT2D eigenvalue weighted by Crippen LogP contribution is 2.42. The molecule has 0 aliphatic heterocycles. The first-order valence-corrected chi connectivity index (χ1v) is 10.8. The Kier molecular flexibility index (Phi) is 7.32. The number of hydrogen-bond donors (Lipinski definition) is 2. The summed E-state index contributed by atoms with van der Waals surface area (Å²) in [5, 5.41) is 15.5. The number of rotatable bonds is 8. The van der Waals surface area contributed by atoms with Gasteiger partial charge in [-0.25, -0.2) is 9.48 Å². The molecule has 1 amide bonds. The van der Waals surface area contributed by atoms with Crippen LogP contribution in [0.5, 0.6) is 11.6 Å². The maximum absolute atomic E-state index is 13.7. The lowest BCUT2D eigenvalue weighted by Crippen LogP contribution is -2.37. The third-order valence-electron chi connectivity index (χ3n) is 5.19. The highest BCUT2D eigenvalue weighted by molar-refractivity contribution is 6.42. The van der Waals surface area contributed by atoms with Crippen LogP contribution in [0, 0.1) is 0 Å². The van der Waals surface area contributed by atoms with Crippen molar-refractivity contribution >= 4 is 35.1 Å². The van der Waals surface area contributed by atoms with Gasteiger partial charge in [-0.05, 0) is 38.3 Å². The summed E-state index contributed by atoms with van der Waals surface area (Å²) in [6.45, 7) is 1.57. The summed E-state index contributed by atoms with van der Waals surface area (Å²) in [7, 11) is 1.22. The summed E-state index contributed by atoms with van der Waals surface area (Å²) >= 11 is 11.8. The number of halogens is 5. The molecule has 1 aromatic heterocycles. The summed E-state index contributed by atoms with van der Waals surface area (Å²) in [6, 6.07) is 4.10. The molecule has 0 spiro atoms. The van der Waals surface area contributed by atoms with E-state index >= 15 is 0 Å². The van der Waals surface area contributed by atoms with Crippen LogP contribution in [0.3, 0.4) is 0 Å². The average Bonchev–Trinajstić information content (AvgIpc) is 3.41. The lowest BCUT2D eigenvalue weighted by Gasteiger charge is -2.17. The van der Waals surface area contributed by atoms with E-state index in [4.69, 9.17) is 33.0 Å². The summed E-state index contributed by atoms with van der Waals surface area (Å²) in [6.07, 6.45) is 0.736. The van der Waals surface area contributed by atoms with E-state index in [2.05, 4.69) is 10.4 Å². The minimum absolute atomic E-state index is 0.0612. The van der Waals surface area contributed by atoms with Gasteiger partial charge in [0.1, 0.15) is 11.3 Å². The zero-order chi connectivity index (χ0) is 25.3. The molecule has 2 N–H and O–H groups in total. The molecule has 0 unspecified atom stereocenters. The van der Waals surface area contributed by atoms with Crippen molar-refractivity contribution in [2.75, 3.05) is 0 Å². The highest BCUT2D eigenvalue weighted by atomic mass is 35.5. The monoisotopic (exact) mass is 517 g/mol. The van der Waals surface area contributed by atoms with Crippen molar-refractivity contribution in [1.82, 2.24) is 15.1 Å². The number of alkyl halides is 3. The van der Waals surface area contributed by atoms with E-state index in [9.17, 15) is 22.8 Å². The number of carbonyl (C=O) groups is 2. The smallest absolute Gasteiger partial charge is 0.436 e. The van der Waals surface area contributed by atoms with Gasteiger partial charge in [0.15, 0.2) is 5.69 Å². The number of hydrogen-bond acceptors (Lipinski definition) is 4. The summed E-state index contributed by atoms with van der Waals surface area (Å²) < 4.78 is 47.5. The largest absolute Gasteiger partial charge is 0.478 e. The normalized spacial score (nSPS) is 15.4. The zero-order valence-electron chi connectivity index (χ0n) is 18.0. The van der Waals surface area contributed by atoms with Crippen molar-refractivity contribution in [3.05, 3.63) is 63.3 Å². The van der Waals surface area contributed by atoms with Crippen LogP contribution in [0.4, 0.5) is 13.2 Å². The summed E-state index contributed by atoms with van der Waals surface area (Å²) in [4.78, 5) is 24.1. The summed E-state index contributed by atoms with van der Waals surface area (Å²) in [5.41, 5.74) is -2.89. The Morgan fingerprint density at radius 2 is 1.97 bits per heavy atom. The van der Waals surface area contributed by atoms with E-state index in [1.54, 1.807) is 13.0 Å². The molecule has 12 heteroatoms. The fourth-order valence-electron chi connectivity index (χ4n) is 3.22. The molecule has 182 valence electrons. The predicted octanol–water partition coefficient (Wildman–Crippen LogP) is 5.78. The number of carbonyl (C=O) groups excluding carboxylic acids is 1. The van der Waals surface area contributed by atoms with Crippen molar-refractivity contribution in [2.24, 2.45) is 7.05 Å². The quantitative estimate of drug-likeness (QED) is 0.342. The molecule has 0 radical (unpaired) electrons. The maximum Gasteiger partial charge on any atom is 0.436 e. The Hall–Kier alpha value is -2.98. The molecule has 7 nitrogen and oxygen atoms in total. The van der Waals surface area contributed by atoms with Crippen molar-refractivity contribution in [1.29, 1.82) is 0 Å². The van der Waals surface area contributed by atoms with Crippen molar-refractivity contribution in [2.45, 2.75) is 37.9 Å². The van der Waals surface area contributed by atoms with Crippen LogP contribution in [0.15, 0.2) is 42.0 Å². The summed E-state index contributed by atoms with van der Waals surface area (Å²) in [5.74, 6) is -2.47. The first-order chi connectivity index (χ1) is 15.9. The fourth-order valence-corrected chi connectivity index (χ4v) is 3.51. The standard InChI is InChI=1S/C22H20Cl2F3N3O4/c1-3-12(20(32)33)5-4-8-21(9-10-21)28-18(31)16-17(22(25,26)27)29-30(2)19(16)34-13-6-7-14(23)15(24)11-13/h3-7,11H,8-10H2,1-2H3,(H,28,31)(H,32,33).